The number of carboxylic acids is 1. The summed E-state index contributed by atoms with van der Waals surface area (Å²) in [5.74, 6) is -3.87. The number of nitrogens with one attached hydrogen (secondary N) is 2. The van der Waals surface area contributed by atoms with E-state index in [1.165, 1.54) is 6.07 Å². The van der Waals surface area contributed by atoms with Crippen LogP contribution in [0.5, 0.6) is 0 Å². The Kier molecular flexibility index (Phi) is 7.66. The molecule has 1 saturated heterocycles. The van der Waals surface area contributed by atoms with Gasteiger partial charge in [0.2, 0.25) is 0 Å². The first-order valence-corrected chi connectivity index (χ1v) is 9.01. The second-order valence-corrected chi connectivity index (χ2v) is 6.76. The summed E-state index contributed by atoms with van der Waals surface area (Å²) in [6, 6.07) is 10.6. The van der Waals surface area contributed by atoms with Crippen LogP contribution >= 0.6 is 0 Å². The number of carbonyl (C=O) groups is 2. The van der Waals surface area contributed by atoms with Gasteiger partial charge in [-0.2, -0.15) is 18.4 Å². The van der Waals surface area contributed by atoms with Crippen molar-refractivity contribution in [3.05, 3.63) is 53.5 Å². The molecule has 1 fully saturated rings. The monoisotopic (exact) mass is 438 g/mol. The van der Waals surface area contributed by atoms with E-state index in [1.807, 2.05) is 6.92 Å². The normalized spacial score (nSPS) is 17.8. The molecule has 2 aromatic rings. The van der Waals surface area contributed by atoms with Crippen molar-refractivity contribution in [1.82, 2.24) is 15.6 Å². The van der Waals surface area contributed by atoms with Gasteiger partial charge in [0, 0.05) is 24.2 Å². The van der Waals surface area contributed by atoms with Gasteiger partial charge in [-0.15, -0.1) is 0 Å². The average molecular weight is 438 g/mol. The van der Waals surface area contributed by atoms with Gasteiger partial charge in [-0.25, -0.2) is 9.18 Å². The van der Waals surface area contributed by atoms with Crippen molar-refractivity contribution in [3.63, 3.8) is 0 Å². The number of hydrogen-bond donors (Lipinski definition) is 3. The maximum absolute atomic E-state index is 14.0. The highest BCUT2D eigenvalue weighted by molar-refractivity contribution is 5.95. The summed E-state index contributed by atoms with van der Waals surface area (Å²) in [4.78, 5) is 25.3. The minimum absolute atomic E-state index is 0.00886. The number of rotatable bonds is 3. The van der Waals surface area contributed by atoms with E-state index in [4.69, 9.17) is 15.2 Å². The number of carboxylic acid groups (broad SMARTS) is 1. The molecule has 1 aromatic heterocycles. The number of alkyl halides is 3. The summed E-state index contributed by atoms with van der Waals surface area (Å²) in [7, 11) is 0. The SMILES string of the molecule is C[C@@H]1C[C@@H](NC(=O)c2cc(-c3cccc(C#N)c3)ncc2F)CN1.O=C(O)C(F)(F)F. The van der Waals surface area contributed by atoms with Crippen molar-refractivity contribution in [2.45, 2.75) is 31.6 Å². The van der Waals surface area contributed by atoms with E-state index >= 15 is 0 Å². The first kappa shape index (κ1) is 23.8. The number of aromatic nitrogens is 1. The van der Waals surface area contributed by atoms with Gasteiger partial charge in [-0.05, 0) is 31.5 Å². The second-order valence-electron chi connectivity index (χ2n) is 6.76. The van der Waals surface area contributed by atoms with Crippen LogP contribution in [0.3, 0.4) is 0 Å². The molecule has 11 heteroatoms. The molecular formula is C20H18F4N4O3. The number of nitrogens with zero attached hydrogens (tertiary/aromatic N) is 2. The third-order valence-electron chi connectivity index (χ3n) is 4.32. The number of carbonyl (C=O) groups excluding carboxylic acids is 1. The summed E-state index contributed by atoms with van der Waals surface area (Å²) in [5.41, 5.74) is 1.56. The molecule has 1 aliphatic heterocycles. The number of halogens is 4. The molecule has 7 nitrogen and oxygen atoms in total. The van der Waals surface area contributed by atoms with Gasteiger partial charge in [0.25, 0.3) is 5.91 Å². The summed E-state index contributed by atoms with van der Waals surface area (Å²) in [6.07, 6.45) is -3.23. The highest BCUT2D eigenvalue weighted by atomic mass is 19.4. The fraction of sp³-hybridized carbons (Fsp3) is 0.300. The van der Waals surface area contributed by atoms with Crippen LogP contribution < -0.4 is 10.6 Å². The predicted molar refractivity (Wildman–Crippen MR) is 101 cm³/mol. The lowest BCUT2D eigenvalue weighted by Crippen LogP contribution is -2.36. The fourth-order valence-corrected chi connectivity index (χ4v) is 2.83. The Hall–Kier alpha value is -3.52. The van der Waals surface area contributed by atoms with Crippen LogP contribution in [0.15, 0.2) is 36.5 Å². The fourth-order valence-electron chi connectivity index (χ4n) is 2.83. The molecule has 31 heavy (non-hydrogen) atoms. The molecular weight excluding hydrogens is 420 g/mol. The van der Waals surface area contributed by atoms with Crippen LogP contribution in [0.4, 0.5) is 17.6 Å². The molecule has 0 saturated carbocycles. The van der Waals surface area contributed by atoms with Crippen LogP contribution in [0.1, 0.15) is 29.3 Å². The number of amides is 1. The van der Waals surface area contributed by atoms with Crippen molar-refractivity contribution >= 4 is 11.9 Å². The molecule has 0 unspecified atom stereocenters. The molecule has 0 aliphatic carbocycles. The molecule has 3 rings (SSSR count). The Morgan fingerprint density at radius 1 is 1.32 bits per heavy atom. The van der Waals surface area contributed by atoms with Crippen molar-refractivity contribution in [2.24, 2.45) is 0 Å². The lowest BCUT2D eigenvalue weighted by Gasteiger charge is -2.12. The standard InChI is InChI=1S/C18H17FN4O.C2HF3O2/c1-11-5-14(9-21-11)23-18(24)15-7-17(22-10-16(15)19)13-4-2-3-12(6-13)8-20;3-2(4,5)1(6)7/h2-4,6-7,10-11,14,21H,5,9H2,1H3,(H,23,24);(H,6,7)/t11-,14-;/m1./s1. The Morgan fingerprint density at radius 2 is 2.00 bits per heavy atom. The van der Waals surface area contributed by atoms with Gasteiger partial charge in [-0.3, -0.25) is 9.78 Å². The molecule has 0 radical (unpaired) electrons. The van der Waals surface area contributed by atoms with Crippen molar-refractivity contribution in [1.29, 1.82) is 5.26 Å². The van der Waals surface area contributed by atoms with Gasteiger partial charge in [0.15, 0.2) is 5.82 Å². The van der Waals surface area contributed by atoms with Gasteiger partial charge >= 0.3 is 12.1 Å². The van der Waals surface area contributed by atoms with Crippen LogP contribution in [0.2, 0.25) is 0 Å². The zero-order chi connectivity index (χ0) is 23.2. The van der Waals surface area contributed by atoms with Crippen LogP contribution in [-0.2, 0) is 4.79 Å². The van der Waals surface area contributed by atoms with Gasteiger partial charge < -0.3 is 15.7 Å². The van der Waals surface area contributed by atoms with E-state index in [1.54, 1.807) is 24.3 Å². The Balaban J connectivity index is 0.000000423. The largest absolute Gasteiger partial charge is 0.490 e. The minimum atomic E-state index is -5.08. The van der Waals surface area contributed by atoms with Crippen molar-refractivity contribution < 1.29 is 32.3 Å². The average Bonchev–Trinajstić information content (AvgIpc) is 3.12. The Labute approximate surface area is 174 Å². The number of aliphatic carboxylic acids is 1. The molecule has 3 N–H and O–H groups in total. The molecule has 1 aliphatic rings. The number of hydrogen-bond acceptors (Lipinski definition) is 5. The lowest BCUT2D eigenvalue weighted by molar-refractivity contribution is -0.192. The van der Waals surface area contributed by atoms with Crippen LogP contribution in [0, 0.1) is 17.1 Å². The van der Waals surface area contributed by atoms with Crippen LogP contribution in [-0.4, -0.2) is 46.8 Å². The Morgan fingerprint density at radius 3 is 2.55 bits per heavy atom. The maximum atomic E-state index is 14.0. The van der Waals surface area contributed by atoms with Crippen molar-refractivity contribution in [2.75, 3.05) is 6.54 Å². The number of nitriles is 1. The molecule has 0 bridgehead atoms. The molecule has 1 aromatic carbocycles. The van der Waals surface area contributed by atoms with Crippen LogP contribution in [0.25, 0.3) is 11.3 Å². The highest BCUT2D eigenvalue weighted by Gasteiger charge is 2.38. The van der Waals surface area contributed by atoms with Crippen molar-refractivity contribution in [3.8, 4) is 17.3 Å². The zero-order valence-corrected chi connectivity index (χ0v) is 16.2. The van der Waals surface area contributed by atoms with Gasteiger partial charge in [0.05, 0.1) is 29.1 Å². The molecule has 2 heterocycles. The van der Waals surface area contributed by atoms with E-state index in [2.05, 4.69) is 21.7 Å². The summed E-state index contributed by atoms with van der Waals surface area (Å²) < 4.78 is 45.8. The van der Waals surface area contributed by atoms with E-state index < -0.39 is 23.9 Å². The predicted octanol–water partition coefficient (Wildman–Crippen LogP) is 2.87. The quantitative estimate of drug-likeness (QED) is 0.635. The minimum Gasteiger partial charge on any atom is -0.475 e. The van der Waals surface area contributed by atoms with Gasteiger partial charge in [-0.1, -0.05) is 12.1 Å². The first-order valence-electron chi connectivity index (χ1n) is 9.01. The smallest absolute Gasteiger partial charge is 0.475 e. The van der Waals surface area contributed by atoms with E-state index in [9.17, 15) is 22.4 Å². The molecule has 2 atom stereocenters. The third kappa shape index (κ3) is 6.75. The van der Waals surface area contributed by atoms with E-state index in [0.717, 1.165) is 12.6 Å². The lowest BCUT2D eigenvalue weighted by atomic mass is 10.1. The summed E-state index contributed by atoms with van der Waals surface area (Å²) >= 11 is 0. The van der Waals surface area contributed by atoms with E-state index in [-0.39, 0.29) is 11.6 Å². The Bertz CT molecular complexity index is 1000. The zero-order valence-electron chi connectivity index (χ0n) is 16.2. The molecule has 164 valence electrons. The van der Waals surface area contributed by atoms with E-state index in [0.29, 0.717) is 29.4 Å². The first-order chi connectivity index (χ1) is 14.5. The summed E-state index contributed by atoms with van der Waals surface area (Å²) in [5, 5.41) is 22.2. The molecule has 0 spiro atoms. The number of pyridine rings is 1. The maximum Gasteiger partial charge on any atom is 0.490 e. The molecule has 1 amide bonds. The van der Waals surface area contributed by atoms with Gasteiger partial charge in [0.1, 0.15) is 0 Å². The highest BCUT2D eigenvalue weighted by Crippen LogP contribution is 2.21. The third-order valence-corrected chi connectivity index (χ3v) is 4.32. The number of benzene rings is 1. The second kappa shape index (κ2) is 9.99. The topological polar surface area (TPSA) is 115 Å². The summed E-state index contributed by atoms with van der Waals surface area (Å²) in [6.45, 7) is 2.72.